The minimum absolute atomic E-state index is 0.209. The molecular formula is C14H11F3N2O4. The lowest BCUT2D eigenvalue weighted by atomic mass is 10.1. The summed E-state index contributed by atoms with van der Waals surface area (Å²) in [5.74, 6) is -2.02. The SMILES string of the molecule is COC(=O)/C=C(/Nc1ccc(C#N)cc1C(F)(F)F)C(=O)OC. The first-order valence-electron chi connectivity index (χ1n) is 5.99. The third-order valence-corrected chi connectivity index (χ3v) is 2.59. The van der Waals surface area contributed by atoms with Gasteiger partial charge in [-0.2, -0.15) is 18.4 Å². The summed E-state index contributed by atoms with van der Waals surface area (Å²) in [6.07, 6.45) is -4.12. The van der Waals surface area contributed by atoms with Gasteiger partial charge in [-0.3, -0.25) is 0 Å². The van der Waals surface area contributed by atoms with Crippen molar-refractivity contribution in [1.82, 2.24) is 0 Å². The molecule has 0 saturated heterocycles. The summed E-state index contributed by atoms with van der Waals surface area (Å²) < 4.78 is 47.9. The number of hydrogen-bond acceptors (Lipinski definition) is 6. The van der Waals surface area contributed by atoms with Gasteiger partial charge in [0.25, 0.3) is 0 Å². The Morgan fingerprint density at radius 3 is 2.39 bits per heavy atom. The molecule has 0 spiro atoms. The molecule has 9 heteroatoms. The number of esters is 2. The lowest BCUT2D eigenvalue weighted by molar-refractivity contribution is -0.138. The Hall–Kier alpha value is -3.02. The monoisotopic (exact) mass is 328 g/mol. The number of rotatable bonds is 4. The van der Waals surface area contributed by atoms with E-state index in [1.165, 1.54) is 0 Å². The predicted octanol–water partition coefficient (Wildman–Crippen LogP) is 2.22. The van der Waals surface area contributed by atoms with E-state index in [1.807, 2.05) is 0 Å². The molecule has 0 bridgehead atoms. The van der Waals surface area contributed by atoms with Crippen molar-refractivity contribution in [3.05, 3.63) is 41.1 Å². The maximum absolute atomic E-state index is 13.1. The van der Waals surface area contributed by atoms with Crippen LogP contribution in [0.1, 0.15) is 11.1 Å². The molecule has 0 unspecified atom stereocenters. The second-order valence-electron chi connectivity index (χ2n) is 4.07. The second kappa shape index (κ2) is 7.31. The van der Waals surface area contributed by atoms with Crippen LogP contribution in [0.25, 0.3) is 0 Å². The van der Waals surface area contributed by atoms with Gasteiger partial charge in [0.1, 0.15) is 5.70 Å². The van der Waals surface area contributed by atoms with Crippen molar-refractivity contribution >= 4 is 17.6 Å². The van der Waals surface area contributed by atoms with Gasteiger partial charge < -0.3 is 14.8 Å². The third-order valence-electron chi connectivity index (χ3n) is 2.59. The van der Waals surface area contributed by atoms with Crippen LogP contribution in [-0.4, -0.2) is 26.2 Å². The maximum Gasteiger partial charge on any atom is 0.418 e. The zero-order valence-corrected chi connectivity index (χ0v) is 12.0. The average Bonchev–Trinajstić information content (AvgIpc) is 2.52. The van der Waals surface area contributed by atoms with Crippen LogP contribution in [0.2, 0.25) is 0 Å². The summed E-state index contributed by atoms with van der Waals surface area (Å²) in [7, 11) is 2.04. The Morgan fingerprint density at radius 1 is 1.26 bits per heavy atom. The quantitative estimate of drug-likeness (QED) is 0.673. The Labute approximate surface area is 129 Å². The first kappa shape index (κ1) is 18.0. The van der Waals surface area contributed by atoms with Crippen LogP contribution in [0.5, 0.6) is 0 Å². The highest BCUT2D eigenvalue weighted by atomic mass is 19.4. The highest BCUT2D eigenvalue weighted by molar-refractivity contribution is 5.98. The Bertz CT molecular complexity index is 690. The number of benzene rings is 1. The van der Waals surface area contributed by atoms with E-state index in [-0.39, 0.29) is 5.56 Å². The molecule has 23 heavy (non-hydrogen) atoms. The number of hydrogen-bond donors (Lipinski definition) is 1. The van der Waals surface area contributed by atoms with E-state index in [0.29, 0.717) is 12.1 Å². The Kier molecular flexibility index (Phi) is 5.73. The molecule has 0 atom stereocenters. The number of anilines is 1. The number of alkyl halides is 3. The molecule has 1 aromatic carbocycles. The number of carbonyl (C=O) groups is 2. The average molecular weight is 328 g/mol. The summed E-state index contributed by atoms with van der Waals surface area (Å²) in [5.41, 5.74) is -2.44. The number of halogens is 3. The molecular weight excluding hydrogens is 317 g/mol. The van der Waals surface area contributed by atoms with Gasteiger partial charge in [0.15, 0.2) is 0 Å². The largest absolute Gasteiger partial charge is 0.466 e. The van der Waals surface area contributed by atoms with Crippen molar-refractivity contribution in [3.63, 3.8) is 0 Å². The molecule has 0 aromatic heterocycles. The van der Waals surface area contributed by atoms with E-state index < -0.39 is 35.1 Å². The molecule has 0 aliphatic heterocycles. The summed E-state index contributed by atoms with van der Waals surface area (Å²) in [4.78, 5) is 22.8. The fourth-order valence-electron chi connectivity index (χ4n) is 1.54. The van der Waals surface area contributed by atoms with Crippen LogP contribution >= 0.6 is 0 Å². The molecule has 1 N–H and O–H groups in total. The van der Waals surface area contributed by atoms with E-state index >= 15 is 0 Å². The normalized spacial score (nSPS) is 11.4. The minimum atomic E-state index is -4.78. The number of nitrogens with zero attached hydrogens (tertiary/aromatic N) is 1. The molecule has 6 nitrogen and oxygen atoms in total. The van der Waals surface area contributed by atoms with Gasteiger partial charge in [-0.05, 0) is 18.2 Å². The Balaban J connectivity index is 3.34. The highest BCUT2D eigenvalue weighted by Gasteiger charge is 2.34. The van der Waals surface area contributed by atoms with Gasteiger partial charge in [-0.15, -0.1) is 0 Å². The topological polar surface area (TPSA) is 88.4 Å². The van der Waals surface area contributed by atoms with Crippen molar-refractivity contribution in [3.8, 4) is 6.07 Å². The molecule has 0 fully saturated rings. The molecule has 0 heterocycles. The molecule has 0 aliphatic carbocycles. The van der Waals surface area contributed by atoms with Gasteiger partial charge in [0.2, 0.25) is 0 Å². The van der Waals surface area contributed by atoms with Crippen molar-refractivity contribution < 1.29 is 32.2 Å². The smallest absolute Gasteiger partial charge is 0.418 e. The second-order valence-corrected chi connectivity index (χ2v) is 4.07. The van der Waals surface area contributed by atoms with Crippen LogP contribution in [0.15, 0.2) is 30.0 Å². The van der Waals surface area contributed by atoms with Crippen LogP contribution < -0.4 is 5.32 Å². The number of nitriles is 1. The third kappa shape index (κ3) is 4.74. The molecule has 1 rings (SSSR count). The number of methoxy groups -OCH3 is 2. The van der Waals surface area contributed by atoms with Gasteiger partial charge in [-0.1, -0.05) is 0 Å². The minimum Gasteiger partial charge on any atom is -0.466 e. The lowest BCUT2D eigenvalue weighted by Gasteiger charge is -2.15. The molecule has 122 valence electrons. The number of ether oxygens (including phenoxy) is 2. The first-order valence-corrected chi connectivity index (χ1v) is 5.99. The fraction of sp³-hybridized carbons (Fsp3) is 0.214. The van der Waals surface area contributed by atoms with E-state index in [1.54, 1.807) is 6.07 Å². The summed E-state index contributed by atoms with van der Waals surface area (Å²) in [6.45, 7) is 0. The van der Waals surface area contributed by atoms with Gasteiger partial charge in [0, 0.05) is 0 Å². The molecule has 0 saturated carbocycles. The molecule has 0 aliphatic rings. The van der Waals surface area contributed by atoms with E-state index in [0.717, 1.165) is 26.4 Å². The van der Waals surface area contributed by atoms with Crippen LogP contribution in [0.3, 0.4) is 0 Å². The lowest BCUT2D eigenvalue weighted by Crippen LogP contribution is -2.18. The van der Waals surface area contributed by atoms with Crippen molar-refractivity contribution in [2.75, 3.05) is 19.5 Å². The molecule has 1 aromatic rings. The van der Waals surface area contributed by atoms with Crippen LogP contribution in [-0.2, 0) is 25.2 Å². The zero-order chi connectivity index (χ0) is 17.6. The summed E-state index contributed by atoms with van der Waals surface area (Å²) in [5, 5.41) is 10.9. The summed E-state index contributed by atoms with van der Waals surface area (Å²) in [6, 6.07) is 4.30. The van der Waals surface area contributed by atoms with E-state index in [2.05, 4.69) is 14.8 Å². The first-order chi connectivity index (χ1) is 10.7. The predicted molar refractivity (Wildman–Crippen MR) is 71.9 cm³/mol. The van der Waals surface area contributed by atoms with Gasteiger partial charge in [-0.25, -0.2) is 9.59 Å². The maximum atomic E-state index is 13.1. The van der Waals surface area contributed by atoms with E-state index in [9.17, 15) is 22.8 Å². The molecule has 0 radical (unpaired) electrons. The van der Waals surface area contributed by atoms with Crippen LogP contribution in [0.4, 0.5) is 18.9 Å². The van der Waals surface area contributed by atoms with Crippen molar-refractivity contribution in [2.45, 2.75) is 6.18 Å². The summed E-state index contributed by atoms with van der Waals surface area (Å²) >= 11 is 0. The standard InChI is InChI=1S/C14H11F3N2O4/c1-22-12(20)6-11(13(21)23-2)19-10-4-3-8(7-18)5-9(10)14(15,16)17/h3-6,19H,1-2H3/b11-6+. The van der Waals surface area contributed by atoms with Gasteiger partial charge in [0.05, 0.1) is 43.2 Å². The number of nitrogens with one attached hydrogen (secondary N) is 1. The fourth-order valence-corrected chi connectivity index (χ4v) is 1.54. The van der Waals surface area contributed by atoms with Crippen LogP contribution in [0, 0.1) is 11.3 Å². The van der Waals surface area contributed by atoms with Crippen molar-refractivity contribution in [1.29, 1.82) is 5.26 Å². The molecule has 0 amide bonds. The van der Waals surface area contributed by atoms with Gasteiger partial charge >= 0.3 is 18.1 Å². The Morgan fingerprint density at radius 2 is 1.91 bits per heavy atom. The van der Waals surface area contributed by atoms with E-state index in [4.69, 9.17) is 5.26 Å². The highest BCUT2D eigenvalue weighted by Crippen LogP contribution is 2.36. The number of carbonyl (C=O) groups excluding carboxylic acids is 2. The zero-order valence-electron chi connectivity index (χ0n) is 12.0. The van der Waals surface area contributed by atoms with Crippen molar-refractivity contribution in [2.24, 2.45) is 0 Å².